The Kier molecular flexibility index (Phi) is 9.81. The van der Waals surface area contributed by atoms with E-state index in [2.05, 4.69) is 5.32 Å². The van der Waals surface area contributed by atoms with Gasteiger partial charge in [0.25, 0.3) is 11.8 Å². The number of aliphatic hydroxyl groups is 1. The van der Waals surface area contributed by atoms with Crippen LogP contribution in [0.3, 0.4) is 0 Å². The smallest absolute Gasteiger partial charge is 0.327 e. The molecule has 2 aliphatic rings. The van der Waals surface area contributed by atoms with Crippen LogP contribution in [-0.4, -0.2) is 72.9 Å². The molecule has 38 heavy (non-hydrogen) atoms. The van der Waals surface area contributed by atoms with Gasteiger partial charge in [0.1, 0.15) is 11.8 Å². The highest BCUT2D eigenvalue weighted by atomic mass is 32.2. The summed E-state index contributed by atoms with van der Waals surface area (Å²) in [6, 6.07) is 12.0. The van der Waals surface area contributed by atoms with Crippen LogP contribution in [0.1, 0.15) is 54.6 Å². The van der Waals surface area contributed by atoms with Crippen molar-refractivity contribution in [3.05, 3.63) is 65.2 Å². The molecular weight excluding hydrogens is 506 g/mol. The Morgan fingerprint density at radius 3 is 2.32 bits per heavy atom. The molecular formula is C28H37N3O6S. The lowest BCUT2D eigenvalue weighted by Crippen LogP contribution is -2.57. The number of carboxylic acid groups (broad SMARTS) is 1. The number of phenols is 1. The highest BCUT2D eigenvalue weighted by Crippen LogP contribution is 2.39. The number of carbonyl (C=O) groups is 3. The third-order valence-corrected chi connectivity index (χ3v) is 8.39. The minimum Gasteiger partial charge on any atom is -0.508 e. The minimum absolute atomic E-state index is 0.0421. The van der Waals surface area contributed by atoms with Gasteiger partial charge < -0.3 is 31.3 Å². The van der Waals surface area contributed by atoms with Crippen molar-refractivity contribution in [3.8, 4) is 5.75 Å². The van der Waals surface area contributed by atoms with Crippen LogP contribution < -0.4 is 11.1 Å². The zero-order valence-electron chi connectivity index (χ0n) is 22.0. The SMILES string of the molecule is Cc1c(O)cccc1C(=O)N[C@@H](Cc1ccccc1)[C@H](O)C(=O)N1CSC(C)(C)[C@H]1C(=O)O.NC1CCC1. The van der Waals surface area contributed by atoms with E-state index >= 15 is 0 Å². The summed E-state index contributed by atoms with van der Waals surface area (Å²) in [5.74, 6) is -2.38. The average Bonchev–Trinajstić information content (AvgIpc) is 3.19. The number of nitrogens with zero attached hydrogens (tertiary/aromatic N) is 1. The van der Waals surface area contributed by atoms with Gasteiger partial charge in [-0.2, -0.15) is 0 Å². The monoisotopic (exact) mass is 543 g/mol. The summed E-state index contributed by atoms with van der Waals surface area (Å²) < 4.78 is -0.724. The van der Waals surface area contributed by atoms with E-state index in [0.29, 0.717) is 11.6 Å². The largest absolute Gasteiger partial charge is 0.508 e. The molecule has 2 amide bonds. The lowest BCUT2D eigenvalue weighted by atomic mass is 9.95. The molecule has 0 bridgehead atoms. The van der Waals surface area contributed by atoms with Crippen molar-refractivity contribution in [1.29, 1.82) is 0 Å². The number of thioether (sulfide) groups is 1. The van der Waals surface area contributed by atoms with E-state index in [1.807, 2.05) is 30.3 Å². The Labute approximate surface area is 227 Å². The van der Waals surface area contributed by atoms with E-state index in [4.69, 9.17) is 5.73 Å². The molecule has 0 aromatic heterocycles. The van der Waals surface area contributed by atoms with Crippen molar-refractivity contribution >= 4 is 29.5 Å². The van der Waals surface area contributed by atoms with Crippen LogP contribution in [0.25, 0.3) is 0 Å². The first kappa shape index (κ1) is 29.5. The molecule has 1 aliphatic heterocycles. The summed E-state index contributed by atoms with van der Waals surface area (Å²) >= 11 is 1.32. The van der Waals surface area contributed by atoms with Gasteiger partial charge in [-0.15, -0.1) is 11.8 Å². The van der Waals surface area contributed by atoms with Crippen molar-refractivity contribution in [2.24, 2.45) is 5.73 Å². The number of nitrogens with two attached hydrogens (primary N) is 1. The number of carboxylic acids is 1. The molecule has 2 fully saturated rings. The average molecular weight is 544 g/mol. The lowest BCUT2D eigenvalue weighted by molar-refractivity contribution is -0.154. The number of benzene rings is 2. The van der Waals surface area contributed by atoms with Crippen molar-refractivity contribution in [1.82, 2.24) is 10.2 Å². The maximum absolute atomic E-state index is 13.2. The van der Waals surface area contributed by atoms with E-state index in [-0.39, 0.29) is 23.6 Å². The number of aliphatic carboxylic acids is 1. The first-order valence-electron chi connectivity index (χ1n) is 12.7. The van der Waals surface area contributed by atoms with Gasteiger partial charge in [-0.3, -0.25) is 9.59 Å². The third-order valence-electron chi connectivity index (χ3n) is 7.01. The van der Waals surface area contributed by atoms with Crippen LogP contribution in [0.4, 0.5) is 0 Å². The topological polar surface area (TPSA) is 153 Å². The molecule has 2 aromatic carbocycles. The molecule has 1 heterocycles. The zero-order chi connectivity index (χ0) is 28.0. The Balaban J connectivity index is 0.000000715. The summed E-state index contributed by atoms with van der Waals surface area (Å²) in [6.45, 7) is 5.08. The fourth-order valence-corrected chi connectivity index (χ4v) is 5.53. The Morgan fingerprint density at radius 2 is 1.76 bits per heavy atom. The van der Waals surface area contributed by atoms with Crippen LogP contribution >= 0.6 is 11.8 Å². The molecule has 9 nitrogen and oxygen atoms in total. The van der Waals surface area contributed by atoms with Crippen molar-refractivity contribution in [2.75, 3.05) is 5.88 Å². The van der Waals surface area contributed by atoms with Gasteiger partial charge in [0.15, 0.2) is 6.10 Å². The maximum Gasteiger partial charge on any atom is 0.327 e. The van der Waals surface area contributed by atoms with Gasteiger partial charge in [-0.05, 0) is 57.7 Å². The number of phenolic OH excluding ortho intramolecular Hbond substituents is 1. The molecule has 6 N–H and O–H groups in total. The number of hydrogen-bond acceptors (Lipinski definition) is 7. The Hall–Kier alpha value is -3.08. The van der Waals surface area contributed by atoms with Crippen LogP contribution in [0.2, 0.25) is 0 Å². The summed E-state index contributed by atoms with van der Waals surface area (Å²) in [7, 11) is 0. The number of rotatable bonds is 7. The molecule has 3 atom stereocenters. The molecule has 1 aliphatic carbocycles. The number of carbonyl (C=O) groups excluding carboxylic acids is 2. The van der Waals surface area contributed by atoms with Crippen molar-refractivity contribution < 1.29 is 29.7 Å². The first-order valence-corrected chi connectivity index (χ1v) is 13.6. The Bertz CT molecular complexity index is 1140. The van der Waals surface area contributed by atoms with E-state index in [1.165, 1.54) is 49.2 Å². The van der Waals surface area contributed by atoms with Crippen molar-refractivity contribution in [3.63, 3.8) is 0 Å². The summed E-state index contributed by atoms with van der Waals surface area (Å²) in [5.41, 5.74) is 6.75. The number of nitrogens with one attached hydrogen (secondary N) is 1. The molecule has 0 unspecified atom stereocenters. The zero-order valence-corrected chi connectivity index (χ0v) is 22.8. The van der Waals surface area contributed by atoms with E-state index in [9.17, 15) is 29.7 Å². The van der Waals surface area contributed by atoms with Crippen LogP contribution in [0.5, 0.6) is 5.75 Å². The third kappa shape index (κ3) is 7.06. The van der Waals surface area contributed by atoms with Gasteiger partial charge in [-0.25, -0.2) is 4.79 Å². The first-order chi connectivity index (χ1) is 17.9. The second kappa shape index (κ2) is 12.6. The molecule has 10 heteroatoms. The molecule has 4 rings (SSSR count). The lowest BCUT2D eigenvalue weighted by Gasteiger charge is -2.31. The number of amides is 2. The standard InChI is InChI=1S/C24H28N2O6S.C4H9N/c1-14-16(10-7-11-18(14)27)21(29)25-17(12-15-8-5-4-6-9-15)19(28)22(30)26-13-33-24(2,3)20(26)23(31)32;5-4-2-1-3-4/h4-11,17,19-20,27-28H,12-13H2,1-3H3,(H,25,29)(H,31,32);4H,1-3,5H2/t17-,19-,20+;/m0./s1. The number of aromatic hydroxyl groups is 1. The summed E-state index contributed by atoms with van der Waals surface area (Å²) in [5, 5.41) is 33.4. The van der Waals surface area contributed by atoms with Crippen LogP contribution in [-0.2, 0) is 16.0 Å². The summed E-state index contributed by atoms with van der Waals surface area (Å²) in [4.78, 5) is 39.2. The fourth-order valence-electron chi connectivity index (χ4n) is 4.39. The molecule has 206 valence electrons. The number of aliphatic hydroxyl groups excluding tert-OH is 1. The van der Waals surface area contributed by atoms with Gasteiger partial charge in [0.05, 0.1) is 11.9 Å². The van der Waals surface area contributed by atoms with E-state index in [1.54, 1.807) is 20.8 Å². The van der Waals surface area contributed by atoms with Crippen LogP contribution in [0, 0.1) is 6.92 Å². The quantitative estimate of drug-likeness (QED) is 0.357. The Morgan fingerprint density at radius 1 is 1.13 bits per heavy atom. The van der Waals surface area contributed by atoms with E-state index in [0.717, 1.165) is 10.5 Å². The summed E-state index contributed by atoms with van der Waals surface area (Å²) in [6.07, 6.45) is 2.38. The maximum atomic E-state index is 13.2. The van der Waals surface area contributed by atoms with Crippen molar-refractivity contribution in [2.45, 2.75) is 75.4 Å². The molecule has 0 spiro atoms. The van der Waals surface area contributed by atoms with Gasteiger partial charge >= 0.3 is 5.97 Å². The second-order valence-corrected chi connectivity index (χ2v) is 11.9. The van der Waals surface area contributed by atoms with Gasteiger partial charge in [0, 0.05) is 21.9 Å². The number of hydrogen-bond donors (Lipinski definition) is 5. The van der Waals surface area contributed by atoms with Gasteiger partial charge in [-0.1, -0.05) is 42.8 Å². The highest BCUT2D eigenvalue weighted by Gasteiger charge is 2.50. The predicted octanol–water partition coefficient (Wildman–Crippen LogP) is 2.66. The highest BCUT2D eigenvalue weighted by molar-refractivity contribution is 8.00. The molecule has 1 saturated heterocycles. The normalized spacial score (nSPS) is 19.9. The fraction of sp³-hybridized carbons (Fsp3) is 0.464. The van der Waals surface area contributed by atoms with Gasteiger partial charge in [0.2, 0.25) is 0 Å². The molecule has 2 aromatic rings. The molecule has 1 saturated carbocycles. The van der Waals surface area contributed by atoms with Crippen LogP contribution in [0.15, 0.2) is 48.5 Å². The second-order valence-electron chi connectivity index (χ2n) is 10.3. The minimum atomic E-state index is -1.66. The molecule has 0 radical (unpaired) electrons. The van der Waals surface area contributed by atoms with E-state index < -0.39 is 40.7 Å². The predicted molar refractivity (Wildman–Crippen MR) is 147 cm³/mol.